The molecule has 0 aromatic heterocycles. The highest BCUT2D eigenvalue weighted by Crippen LogP contribution is 2.39. The van der Waals surface area contributed by atoms with Crippen LogP contribution in [0.3, 0.4) is 0 Å². The quantitative estimate of drug-likeness (QED) is 0.904. The van der Waals surface area contributed by atoms with Crippen LogP contribution in [0, 0.1) is 5.92 Å². The fraction of sp³-hybridized carbons (Fsp3) is 0.455. The minimum absolute atomic E-state index is 0. The zero-order valence-corrected chi connectivity index (χ0v) is 10.7. The topological polar surface area (TPSA) is 60.2 Å². The zero-order valence-electron chi connectivity index (χ0n) is 9.09. The molecule has 1 aliphatic carbocycles. The Bertz CT molecular complexity index is 469. The van der Waals surface area contributed by atoms with E-state index < -0.39 is 9.84 Å². The Morgan fingerprint density at radius 3 is 2.50 bits per heavy atom. The Labute approximate surface area is 102 Å². The predicted octanol–water partition coefficient (Wildman–Crippen LogP) is 1.92. The standard InChI is InChI=1S/C11H15NO2S.ClH/c1-15(13,14)10-4-2-3-9(7-10)11(12)8-5-6-8;/h2-4,7-8,11H,5-6,12H2,1H3;1H/t11-;/m1./s1. The summed E-state index contributed by atoms with van der Waals surface area (Å²) in [6.45, 7) is 0. The molecule has 0 aliphatic heterocycles. The van der Waals surface area contributed by atoms with Crippen LogP contribution in [0.25, 0.3) is 0 Å². The van der Waals surface area contributed by atoms with Gasteiger partial charge in [-0.25, -0.2) is 8.42 Å². The third kappa shape index (κ3) is 2.97. The van der Waals surface area contributed by atoms with Crippen LogP contribution in [0.4, 0.5) is 0 Å². The molecule has 16 heavy (non-hydrogen) atoms. The Kier molecular flexibility index (Phi) is 3.99. The van der Waals surface area contributed by atoms with Crippen molar-refractivity contribution in [1.29, 1.82) is 0 Å². The summed E-state index contributed by atoms with van der Waals surface area (Å²) in [4.78, 5) is 0.358. The second-order valence-corrected chi connectivity index (χ2v) is 6.22. The van der Waals surface area contributed by atoms with Crippen molar-refractivity contribution in [3.05, 3.63) is 29.8 Å². The molecule has 0 amide bonds. The normalized spacial score (nSPS) is 17.6. The predicted molar refractivity (Wildman–Crippen MR) is 66.5 cm³/mol. The van der Waals surface area contributed by atoms with E-state index in [1.54, 1.807) is 18.2 Å². The highest BCUT2D eigenvalue weighted by Gasteiger charge is 2.29. The summed E-state index contributed by atoms with van der Waals surface area (Å²) >= 11 is 0. The Morgan fingerprint density at radius 1 is 1.38 bits per heavy atom. The van der Waals surface area contributed by atoms with E-state index in [0.717, 1.165) is 18.4 Å². The molecule has 1 aromatic carbocycles. The first-order chi connectivity index (χ1) is 6.98. The lowest BCUT2D eigenvalue weighted by Crippen LogP contribution is -2.12. The maximum absolute atomic E-state index is 11.4. The molecule has 1 aliphatic rings. The lowest BCUT2D eigenvalue weighted by atomic mass is 10.0. The van der Waals surface area contributed by atoms with Crippen LogP contribution in [0.5, 0.6) is 0 Å². The molecule has 0 bridgehead atoms. The van der Waals surface area contributed by atoms with Crippen LogP contribution >= 0.6 is 12.4 Å². The number of hydrogen-bond donors (Lipinski definition) is 1. The fourth-order valence-electron chi connectivity index (χ4n) is 1.68. The van der Waals surface area contributed by atoms with Gasteiger partial charge in [0.15, 0.2) is 9.84 Å². The zero-order chi connectivity index (χ0) is 11.1. The summed E-state index contributed by atoms with van der Waals surface area (Å²) in [5, 5.41) is 0. The number of rotatable bonds is 3. The molecule has 2 rings (SSSR count). The lowest BCUT2D eigenvalue weighted by Gasteiger charge is -2.11. The minimum atomic E-state index is -3.12. The van der Waals surface area contributed by atoms with Gasteiger partial charge in [-0.15, -0.1) is 12.4 Å². The first-order valence-electron chi connectivity index (χ1n) is 5.04. The van der Waals surface area contributed by atoms with Crippen molar-refractivity contribution in [3.8, 4) is 0 Å². The monoisotopic (exact) mass is 261 g/mol. The van der Waals surface area contributed by atoms with Gasteiger partial charge in [0.05, 0.1) is 4.90 Å². The summed E-state index contributed by atoms with van der Waals surface area (Å²) < 4.78 is 22.7. The van der Waals surface area contributed by atoms with Crippen molar-refractivity contribution >= 4 is 22.2 Å². The van der Waals surface area contributed by atoms with E-state index >= 15 is 0 Å². The van der Waals surface area contributed by atoms with Gasteiger partial charge < -0.3 is 5.73 Å². The van der Waals surface area contributed by atoms with Crippen molar-refractivity contribution in [2.24, 2.45) is 11.7 Å². The Hall–Kier alpha value is -0.580. The highest BCUT2D eigenvalue weighted by atomic mass is 35.5. The van der Waals surface area contributed by atoms with Crippen molar-refractivity contribution in [3.63, 3.8) is 0 Å². The van der Waals surface area contributed by atoms with Gasteiger partial charge in [0.1, 0.15) is 0 Å². The molecular formula is C11H16ClNO2S. The summed E-state index contributed by atoms with van der Waals surface area (Å²) in [6, 6.07) is 6.95. The second-order valence-electron chi connectivity index (χ2n) is 4.21. The van der Waals surface area contributed by atoms with Crippen LogP contribution < -0.4 is 5.73 Å². The highest BCUT2D eigenvalue weighted by molar-refractivity contribution is 7.90. The van der Waals surface area contributed by atoms with Gasteiger partial charge in [0.25, 0.3) is 0 Å². The average molecular weight is 262 g/mol. The Morgan fingerprint density at radius 2 is 2.00 bits per heavy atom. The molecule has 1 saturated carbocycles. The molecule has 90 valence electrons. The smallest absolute Gasteiger partial charge is 0.175 e. The largest absolute Gasteiger partial charge is 0.324 e. The van der Waals surface area contributed by atoms with E-state index in [0.29, 0.717) is 10.8 Å². The van der Waals surface area contributed by atoms with E-state index in [-0.39, 0.29) is 18.4 Å². The van der Waals surface area contributed by atoms with Crippen LogP contribution in [0.15, 0.2) is 29.2 Å². The molecule has 5 heteroatoms. The first kappa shape index (κ1) is 13.5. The number of nitrogens with two attached hydrogens (primary N) is 1. The van der Waals surface area contributed by atoms with Gasteiger partial charge in [0, 0.05) is 12.3 Å². The van der Waals surface area contributed by atoms with Crippen molar-refractivity contribution in [1.82, 2.24) is 0 Å². The minimum Gasteiger partial charge on any atom is -0.324 e. The van der Waals surface area contributed by atoms with Gasteiger partial charge in [-0.05, 0) is 36.5 Å². The van der Waals surface area contributed by atoms with E-state index in [4.69, 9.17) is 5.73 Å². The maximum atomic E-state index is 11.4. The number of hydrogen-bond acceptors (Lipinski definition) is 3. The molecule has 0 saturated heterocycles. The third-order valence-corrected chi connectivity index (χ3v) is 3.91. The van der Waals surface area contributed by atoms with Crippen LogP contribution in [0.2, 0.25) is 0 Å². The number of sulfone groups is 1. The molecule has 0 heterocycles. The molecule has 1 aromatic rings. The van der Waals surface area contributed by atoms with Gasteiger partial charge in [0.2, 0.25) is 0 Å². The molecule has 2 N–H and O–H groups in total. The van der Waals surface area contributed by atoms with E-state index in [1.165, 1.54) is 6.26 Å². The van der Waals surface area contributed by atoms with Gasteiger partial charge in [-0.1, -0.05) is 12.1 Å². The fourth-order valence-corrected chi connectivity index (χ4v) is 2.36. The van der Waals surface area contributed by atoms with E-state index in [2.05, 4.69) is 0 Å². The first-order valence-corrected chi connectivity index (χ1v) is 6.93. The molecule has 1 fully saturated rings. The van der Waals surface area contributed by atoms with Crippen LogP contribution in [-0.2, 0) is 9.84 Å². The summed E-state index contributed by atoms with van der Waals surface area (Å²) in [5.41, 5.74) is 6.95. The SMILES string of the molecule is CS(=O)(=O)c1cccc([C@H](N)C2CC2)c1.Cl. The number of halogens is 1. The molecule has 3 nitrogen and oxygen atoms in total. The van der Waals surface area contributed by atoms with Gasteiger partial charge in [-0.3, -0.25) is 0 Å². The Balaban J connectivity index is 0.00000128. The van der Waals surface area contributed by atoms with E-state index in [9.17, 15) is 8.42 Å². The van der Waals surface area contributed by atoms with Gasteiger partial charge >= 0.3 is 0 Å². The molecule has 0 spiro atoms. The van der Waals surface area contributed by atoms with Crippen molar-refractivity contribution < 1.29 is 8.42 Å². The molecule has 0 unspecified atom stereocenters. The average Bonchev–Trinajstić information content (AvgIpc) is 2.99. The van der Waals surface area contributed by atoms with Crippen LogP contribution in [0.1, 0.15) is 24.4 Å². The van der Waals surface area contributed by atoms with Gasteiger partial charge in [-0.2, -0.15) is 0 Å². The maximum Gasteiger partial charge on any atom is 0.175 e. The lowest BCUT2D eigenvalue weighted by molar-refractivity contribution is 0.600. The second kappa shape index (κ2) is 4.73. The van der Waals surface area contributed by atoms with E-state index in [1.807, 2.05) is 6.07 Å². The molecular weight excluding hydrogens is 246 g/mol. The summed E-state index contributed by atoms with van der Waals surface area (Å²) in [7, 11) is -3.12. The van der Waals surface area contributed by atoms with Crippen molar-refractivity contribution in [2.45, 2.75) is 23.8 Å². The third-order valence-electron chi connectivity index (χ3n) is 2.80. The molecule has 1 atom stereocenters. The summed E-state index contributed by atoms with van der Waals surface area (Å²) in [6.07, 6.45) is 3.53. The summed E-state index contributed by atoms with van der Waals surface area (Å²) in [5.74, 6) is 0.541. The molecule has 0 radical (unpaired) electrons. The van der Waals surface area contributed by atoms with Crippen molar-refractivity contribution in [2.75, 3.05) is 6.26 Å². The van der Waals surface area contributed by atoms with Crippen LogP contribution in [-0.4, -0.2) is 14.7 Å². The number of benzene rings is 1.